The molecule has 34 heavy (non-hydrogen) atoms. The van der Waals surface area contributed by atoms with E-state index in [4.69, 9.17) is 13.9 Å². The van der Waals surface area contributed by atoms with Crippen LogP contribution in [0.3, 0.4) is 0 Å². The fourth-order valence-corrected chi connectivity index (χ4v) is 4.74. The Morgan fingerprint density at radius 3 is 2.53 bits per heavy atom. The average molecular weight is 478 g/mol. The molecule has 9 heteroatoms. The number of hydrogen-bond acceptors (Lipinski definition) is 5. The van der Waals surface area contributed by atoms with E-state index in [1.165, 1.54) is 44.6 Å². The predicted octanol–water partition coefficient (Wildman–Crippen LogP) is 4.02. The smallest absolute Gasteiger partial charge is 0.450 e. The van der Waals surface area contributed by atoms with Crippen molar-refractivity contribution in [2.45, 2.75) is 32.5 Å². The van der Waals surface area contributed by atoms with Crippen LogP contribution in [0.1, 0.15) is 31.1 Å². The van der Waals surface area contributed by atoms with Gasteiger partial charge in [-0.15, -0.1) is 0 Å². The summed E-state index contributed by atoms with van der Waals surface area (Å²) in [6.45, 7) is 4.05. The Labute approximate surface area is 194 Å². The lowest BCUT2D eigenvalue weighted by Gasteiger charge is -2.28. The number of nitrogens with one attached hydrogen (secondary N) is 1. The number of ether oxygens (including phenoxy) is 2. The molecule has 3 aromatic rings. The molecule has 0 amide bonds. The number of hydrogen-bond donors (Lipinski definition) is 2. The van der Waals surface area contributed by atoms with Crippen molar-refractivity contribution in [3.8, 4) is 28.4 Å². The number of halogens is 3. The maximum Gasteiger partial charge on any atom is 0.450 e. The fourth-order valence-electron chi connectivity index (χ4n) is 4.74. The van der Waals surface area contributed by atoms with Gasteiger partial charge in [0.05, 0.1) is 43.8 Å². The minimum absolute atomic E-state index is 0.00858. The summed E-state index contributed by atoms with van der Waals surface area (Å²) in [5.41, 5.74) is -1.47. The number of phenols is 1. The third-order valence-corrected chi connectivity index (χ3v) is 6.36. The summed E-state index contributed by atoms with van der Waals surface area (Å²) in [6, 6.07) is 6.74. The van der Waals surface area contributed by atoms with Crippen LogP contribution in [-0.4, -0.2) is 32.4 Å². The quantitative estimate of drug-likeness (QED) is 0.580. The minimum atomic E-state index is -4.94. The first-order chi connectivity index (χ1) is 16.1. The van der Waals surface area contributed by atoms with Gasteiger partial charge in [-0.1, -0.05) is 13.0 Å². The van der Waals surface area contributed by atoms with Crippen LogP contribution in [0.5, 0.6) is 17.2 Å². The van der Waals surface area contributed by atoms with Crippen molar-refractivity contribution in [3.63, 3.8) is 0 Å². The van der Waals surface area contributed by atoms with Gasteiger partial charge in [0.15, 0.2) is 17.1 Å². The molecular weight excluding hydrogens is 451 g/mol. The molecule has 0 aliphatic carbocycles. The molecule has 4 rings (SSSR count). The topological polar surface area (TPSA) is 73.3 Å². The summed E-state index contributed by atoms with van der Waals surface area (Å²) in [4.78, 5) is 14.6. The minimum Gasteiger partial charge on any atom is -0.507 e. The zero-order valence-electron chi connectivity index (χ0n) is 19.2. The number of likely N-dealkylation sites (tertiary alicyclic amines) is 1. The lowest BCUT2D eigenvalue weighted by molar-refractivity contribution is -0.922. The third kappa shape index (κ3) is 4.44. The highest BCUT2D eigenvalue weighted by Crippen LogP contribution is 2.41. The van der Waals surface area contributed by atoms with Crippen molar-refractivity contribution in [2.24, 2.45) is 5.92 Å². The molecule has 2 N–H and O–H groups in total. The monoisotopic (exact) mass is 478 g/mol. The number of quaternary nitrogens is 1. The molecule has 1 aliphatic heterocycles. The first-order valence-corrected chi connectivity index (χ1v) is 11.1. The maximum absolute atomic E-state index is 14.2. The Morgan fingerprint density at radius 2 is 1.88 bits per heavy atom. The van der Waals surface area contributed by atoms with Gasteiger partial charge >= 0.3 is 6.18 Å². The predicted molar refractivity (Wildman–Crippen MR) is 120 cm³/mol. The standard InChI is InChI=1S/C25H26F3NO5/c1-14-5-4-10-29(12-14)13-17-18(30)8-7-16-22(31)21(24(25(26,27)28)34-23(16)17)15-6-9-19(32-2)20(11-15)33-3/h6-9,11,14,30H,4-5,10,12-13H2,1-3H3/p+1/t14-/m0/s1. The normalized spacial score (nSPS) is 18.8. The van der Waals surface area contributed by atoms with Gasteiger partial charge in [0.2, 0.25) is 11.2 Å². The summed E-state index contributed by atoms with van der Waals surface area (Å²) in [5.74, 6) is -0.632. The maximum atomic E-state index is 14.2. The Morgan fingerprint density at radius 1 is 1.15 bits per heavy atom. The summed E-state index contributed by atoms with van der Waals surface area (Å²) >= 11 is 0. The number of piperidine rings is 1. The van der Waals surface area contributed by atoms with Crippen LogP contribution in [0.4, 0.5) is 13.2 Å². The lowest BCUT2D eigenvalue weighted by atomic mass is 9.98. The van der Waals surface area contributed by atoms with Gasteiger partial charge in [0.1, 0.15) is 12.3 Å². The number of fused-ring (bicyclic) bond motifs is 1. The summed E-state index contributed by atoms with van der Waals surface area (Å²) in [5, 5.41) is 10.5. The van der Waals surface area contributed by atoms with Gasteiger partial charge in [0, 0.05) is 5.92 Å². The van der Waals surface area contributed by atoms with E-state index in [9.17, 15) is 23.1 Å². The van der Waals surface area contributed by atoms with Gasteiger partial charge in [-0.2, -0.15) is 13.2 Å². The number of phenolic OH excluding ortho intramolecular Hbond substituents is 1. The van der Waals surface area contributed by atoms with Gasteiger partial charge in [0.25, 0.3) is 0 Å². The van der Waals surface area contributed by atoms with Crippen LogP contribution in [0, 0.1) is 5.92 Å². The zero-order chi connectivity index (χ0) is 24.6. The van der Waals surface area contributed by atoms with E-state index in [0.717, 1.165) is 30.8 Å². The van der Waals surface area contributed by atoms with Crippen LogP contribution in [0.15, 0.2) is 39.5 Å². The van der Waals surface area contributed by atoms with Gasteiger partial charge in [-0.05, 0) is 42.7 Å². The van der Waals surface area contributed by atoms with E-state index >= 15 is 0 Å². The van der Waals surface area contributed by atoms with Crippen molar-refractivity contribution >= 4 is 11.0 Å². The van der Waals surface area contributed by atoms with Crippen LogP contribution in [-0.2, 0) is 12.7 Å². The highest BCUT2D eigenvalue weighted by atomic mass is 19.4. The average Bonchev–Trinajstić information content (AvgIpc) is 2.79. The molecule has 0 saturated carbocycles. The molecule has 2 atom stereocenters. The first-order valence-electron chi connectivity index (χ1n) is 11.1. The van der Waals surface area contributed by atoms with Crippen LogP contribution in [0.25, 0.3) is 22.1 Å². The molecule has 0 bridgehead atoms. The Kier molecular flexibility index (Phi) is 6.49. The molecular formula is C25H27F3NO5+. The Balaban J connectivity index is 1.94. The van der Waals surface area contributed by atoms with E-state index in [0.29, 0.717) is 11.7 Å². The van der Waals surface area contributed by atoms with Crippen LogP contribution >= 0.6 is 0 Å². The molecule has 0 spiro atoms. The van der Waals surface area contributed by atoms with Crippen LogP contribution < -0.4 is 19.8 Å². The van der Waals surface area contributed by atoms with E-state index in [2.05, 4.69) is 6.92 Å². The molecule has 1 fully saturated rings. The number of alkyl halides is 3. The van der Waals surface area contributed by atoms with Gasteiger partial charge in [-0.25, -0.2) is 0 Å². The summed E-state index contributed by atoms with van der Waals surface area (Å²) in [6.07, 6.45) is -2.86. The number of rotatable bonds is 5. The molecule has 2 aromatic carbocycles. The SMILES string of the molecule is COc1ccc(-c2c(C(F)(F)F)oc3c(C[NH+]4CCC[C@H](C)C4)c(O)ccc3c2=O)cc1OC. The lowest BCUT2D eigenvalue weighted by Crippen LogP contribution is -3.12. The van der Waals surface area contributed by atoms with Crippen molar-refractivity contribution in [2.75, 3.05) is 27.3 Å². The molecule has 0 radical (unpaired) electrons. The summed E-state index contributed by atoms with van der Waals surface area (Å²) < 4.78 is 58.3. The van der Waals surface area contributed by atoms with Crippen molar-refractivity contribution in [1.82, 2.24) is 0 Å². The Hall–Kier alpha value is -3.20. The second-order valence-corrected chi connectivity index (χ2v) is 8.77. The largest absolute Gasteiger partial charge is 0.507 e. The van der Waals surface area contributed by atoms with Gasteiger partial charge in [-0.3, -0.25) is 4.79 Å². The molecule has 1 aromatic heterocycles. The summed E-state index contributed by atoms with van der Waals surface area (Å²) in [7, 11) is 2.76. The van der Waals surface area contributed by atoms with Crippen molar-refractivity contribution < 1.29 is 37.1 Å². The van der Waals surface area contributed by atoms with Crippen LogP contribution in [0.2, 0.25) is 0 Å². The second-order valence-electron chi connectivity index (χ2n) is 8.77. The van der Waals surface area contributed by atoms with Gasteiger partial charge < -0.3 is 23.9 Å². The Bertz CT molecular complexity index is 1270. The number of benzene rings is 2. The highest BCUT2D eigenvalue weighted by Gasteiger charge is 2.40. The third-order valence-electron chi connectivity index (χ3n) is 6.36. The van der Waals surface area contributed by atoms with E-state index in [1.54, 1.807) is 0 Å². The number of aromatic hydroxyl groups is 1. The van der Waals surface area contributed by atoms with E-state index in [-0.39, 0.29) is 40.1 Å². The second kappa shape index (κ2) is 9.21. The van der Waals surface area contributed by atoms with E-state index in [1.807, 2.05) is 0 Å². The fraction of sp³-hybridized carbons (Fsp3) is 0.400. The molecule has 1 unspecified atom stereocenters. The molecule has 1 saturated heterocycles. The highest BCUT2D eigenvalue weighted by molar-refractivity contribution is 5.87. The molecule has 1 aliphatic rings. The van der Waals surface area contributed by atoms with Crippen molar-refractivity contribution in [1.29, 1.82) is 0 Å². The molecule has 6 nitrogen and oxygen atoms in total. The van der Waals surface area contributed by atoms with E-state index < -0.39 is 22.9 Å². The zero-order valence-corrected chi connectivity index (χ0v) is 19.2. The molecule has 182 valence electrons. The number of methoxy groups -OCH3 is 2. The molecule has 2 heterocycles. The van der Waals surface area contributed by atoms with Crippen molar-refractivity contribution in [3.05, 3.63) is 51.9 Å². The first kappa shape index (κ1) is 23.9.